The molecule has 2 aromatic rings. The summed E-state index contributed by atoms with van der Waals surface area (Å²) >= 11 is 1.52. The fourth-order valence-electron chi connectivity index (χ4n) is 2.07. The summed E-state index contributed by atoms with van der Waals surface area (Å²) in [6.45, 7) is 0.225. The topological polar surface area (TPSA) is 106 Å². The Kier molecular flexibility index (Phi) is 6.89. The maximum absolute atomic E-state index is 12.1. The van der Waals surface area contributed by atoms with Gasteiger partial charge >= 0.3 is 5.97 Å². The predicted octanol–water partition coefficient (Wildman–Crippen LogP) is 1.68. The van der Waals surface area contributed by atoms with Crippen LogP contribution in [0.4, 0.5) is 0 Å². The Morgan fingerprint density at radius 2 is 2.29 bits per heavy atom. The van der Waals surface area contributed by atoms with Crippen molar-refractivity contribution < 1.29 is 24.0 Å². The first kappa shape index (κ1) is 18.1. The van der Waals surface area contributed by atoms with E-state index in [-0.39, 0.29) is 25.4 Å². The Labute approximate surface area is 143 Å². The fraction of sp³-hybridized carbons (Fsp3) is 0.467. The SMILES string of the molecule is COCCN(CC(=O)O)C(=O)CCCc1nc(-c2cccs2)no1. The van der Waals surface area contributed by atoms with Crippen LogP contribution in [0.3, 0.4) is 0 Å². The molecular formula is C15H19N3O5S. The van der Waals surface area contributed by atoms with Crippen LogP contribution in [-0.2, 0) is 20.7 Å². The Balaban J connectivity index is 1.81. The standard InChI is InChI=1S/C15H19N3O5S/c1-22-8-7-18(10-14(20)21)13(19)6-2-5-12-16-15(17-23-12)11-4-3-9-24-11/h3-4,9H,2,5-8,10H2,1H3,(H,20,21). The lowest BCUT2D eigenvalue weighted by molar-refractivity contribution is -0.144. The molecule has 0 radical (unpaired) electrons. The zero-order valence-electron chi connectivity index (χ0n) is 13.3. The Morgan fingerprint density at radius 1 is 1.46 bits per heavy atom. The molecule has 0 aliphatic heterocycles. The molecule has 0 aromatic carbocycles. The molecule has 0 aliphatic rings. The van der Waals surface area contributed by atoms with E-state index in [1.54, 1.807) is 0 Å². The quantitative estimate of drug-likeness (QED) is 0.692. The number of carboxylic acids is 1. The summed E-state index contributed by atoms with van der Waals surface area (Å²) in [5, 5.41) is 14.7. The van der Waals surface area contributed by atoms with Gasteiger partial charge in [-0.25, -0.2) is 0 Å². The second kappa shape index (κ2) is 9.14. The molecule has 2 rings (SSSR count). The zero-order valence-corrected chi connectivity index (χ0v) is 14.1. The second-order valence-corrected chi connectivity index (χ2v) is 5.99. The molecule has 2 aromatic heterocycles. The van der Waals surface area contributed by atoms with Crippen LogP contribution in [0.15, 0.2) is 22.0 Å². The number of nitrogens with zero attached hydrogens (tertiary/aromatic N) is 3. The van der Waals surface area contributed by atoms with Crippen LogP contribution in [0.25, 0.3) is 10.7 Å². The van der Waals surface area contributed by atoms with Crippen molar-refractivity contribution in [1.29, 1.82) is 0 Å². The number of methoxy groups -OCH3 is 1. The van der Waals surface area contributed by atoms with Crippen molar-refractivity contribution in [3.63, 3.8) is 0 Å². The summed E-state index contributed by atoms with van der Waals surface area (Å²) < 4.78 is 10.1. The third-order valence-electron chi connectivity index (χ3n) is 3.24. The average molecular weight is 353 g/mol. The van der Waals surface area contributed by atoms with Crippen LogP contribution in [-0.4, -0.2) is 58.8 Å². The summed E-state index contributed by atoms with van der Waals surface area (Å²) in [5.41, 5.74) is 0. The highest BCUT2D eigenvalue weighted by Crippen LogP contribution is 2.21. The fourth-order valence-corrected chi connectivity index (χ4v) is 2.72. The third-order valence-corrected chi connectivity index (χ3v) is 4.10. The molecule has 0 bridgehead atoms. The van der Waals surface area contributed by atoms with Crippen molar-refractivity contribution in [3.8, 4) is 10.7 Å². The largest absolute Gasteiger partial charge is 0.480 e. The lowest BCUT2D eigenvalue weighted by Crippen LogP contribution is -2.37. The molecule has 0 spiro atoms. The number of carboxylic acid groups (broad SMARTS) is 1. The first-order valence-corrected chi connectivity index (χ1v) is 8.33. The van der Waals surface area contributed by atoms with Crippen molar-refractivity contribution in [2.24, 2.45) is 0 Å². The third kappa shape index (κ3) is 5.43. The highest BCUT2D eigenvalue weighted by atomic mass is 32.1. The second-order valence-electron chi connectivity index (χ2n) is 5.04. The van der Waals surface area contributed by atoms with E-state index in [2.05, 4.69) is 10.1 Å². The monoisotopic (exact) mass is 353 g/mol. The van der Waals surface area contributed by atoms with E-state index in [0.717, 1.165) is 4.88 Å². The molecule has 130 valence electrons. The summed E-state index contributed by atoms with van der Waals surface area (Å²) in [7, 11) is 1.50. The maximum Gasteiger partial charge on any atom is 0.323 e. The lowest BCUT2D eigenvalue weighted by Gasteiger charge is -2.20. The van der Waals surface area contributed by atoms with Crippen LogP contribution in [0.1, 0.15) is 18.7 Å². The smallest absolute Gasteiger partial charge is 0.323 e. The molecule has 1 N–H and O–H groups in total. The number of carbonyl (C=O) groups excluding carboxylic acids is 1. The zero-order chi connectivity index (χ0) is 17.4. The molecule has 1 amide bonds. The number of aliphatic carboxylic acids is 1. The van der Waals surface area contributed by atoms with E-state index < -0.39 is 5.97 Å². The van der Waals surface area contributed by atoms with Gasteiger partial charge in [0.1, 0.15) is 6.54 Å². The minimum Gasteiger partial charge on any atom is -0.480 e. The summed E-state index contributed by atoms with van der Waals surface area (Å²) in [6, 6.07) is 3.81. The minimum absolute atomic E-state index is 0.216. The number of rotatable bonds is 10. The van der Waals surface area contributed by atoms with Crippen molar-refractivity contribution in [1.82, 2.24) is 15.0 Å². The highest BCUT2D eigenvalue weighted by molar-refractivity contribution is 7.13. The number of amides is 1. The molecule has 9 heteroatoms. The van der Waals surface area contributed by atoms with Gasteiger partial charge in [0.05, 0.1) is 11.5 Å². The molecule has 0 fully saturated rings. The van der Waals surface area contributed by atoms with E-state index in [4.69, 9.17) is 14.4 Å². The van der Waals surface area contributed by atoms with Gasteiger partial charge in [-0.3, -0.25) is 9.59 Å². The molecule has 0 saturated heterocycles. The number of aryl methyl sites for hydroxylation is 1. The van der Waals surface area contributed by atoms with E-state index >= 15 is 0 Å². The Bertz CT molecular complexity index is 656. The normalized spacial score (nSPS) is 10.7. The maximum atomic E-state index is 12.1. The Hall–Kier alpha value is -2.26. The average Bonchev–Trinajstić information content (AvgIpc) is 3.21. The van der Waals surface area contributed by atoms with Crippen LogP contribution < -0.4 is 0 Å². The van der Waals surface area contributed by atoms with Crippen molar-refractivity contribution in [2.45, 2.75) is 19.3 Å². The first-order chi connectivity index (χ1) is 11.6. The van der Waals surface area contributed by atoms with Gasteiger partial charge < -0.3 is 19.3 Å². The van der Waals surface area contributed by atoms with E-state index in [9.17, 15) is 9.59 Å². The first-order valence-electron chi connectivity index (χ1n) is 7.45. The van der Waals surface area contributed by atoms with Crippen molar-refractivity contribution in [3.05, 3.63) is 23.4 Å². The lowest BCUT2D eigenvalue weighted by atomic mass is 10.2. The molecule has 0 unspecified atom stereocenters. The van der Waals surface area contributed by atoms with Crippen LogP contribution in [0, 0.1) is 0 Å². The van der Waals surface area contributed by atoms with Crippen LogP contribution in [0.5, 0.6) is 0 Å². The number of hydrogen-bond donors (Lipinski definition) is 1. The Morgan fingerprint density at radius 3 is 2.96 bits per heavy atom. The van der Waals surface area contributed by atoms with E-state index in [1.807, 2.05) is 17.5 Å². The molecule has 8 nitrogen and oxygen atoms in total. The molecular weight excluding hydrogens is 334 g/mol. The molecule has 0 atom stereocenters. The minimum atomic E-state index is -1.04. The van der Waals surface area contributed by atoms with Crippen molar-refractivity contribution >= 4 is 23.2 Å². The molecule has 24 heavy (non-hydrogen) atoms. The summed E-state index contributed by atoms with van der Waals surface area (Å²) in [4.78, 5) is 29.4. The number of carbonyl (C=O) groups is 2. The van der Waals surface area contributed by atoms with Gasteiger partial charge in [-0.1, -0.05) is 11.2 Å². The van der Waals surface area contributed by atoms with Gasteiger partial charge in [0.25, 0.3) is 0 Å². The van der Waals surface area contributed by atoms with Gasteiger partial charge in [-0.2, -0.15) is 4.98 Å². The van der Waals surface area contributed by atoms with Gasteiger partial charge in [0.15, 0.2) is 0 Å². The van der Waals surface area contributed by atoms with Gasteiger partial charge in [-0.15, -0.1) is 11.3 Å². The van der Waals surface area contributed by atoms with Crippen LogP contribution >= 0.6 is 11.3 Å². The summed E-state index contributed by atoms with van der Waals surface area (Å²) in [6.07, 6.45) is 1.19. The summed E-state index contributed by atoms with van der Waals surface area (Å²) in [5.74, 6) is -0.267. The highest BCUT2D eigenvalue weighted by Gasteiger charge is 2.17. The number of thiophene rings is 1. The van der Waals surface area contributed by atoms with E-state index in [0.29, 0.717) is 31.2 Å². The van der Waals surface area contributed by atoms with Gasteiger partial charge in [-0.05, 0) is 17.9 Å². The van der Waals surface area contributed by atoms with Crippen LogP contribution in [0.2, 0.25) is 0 Å². The number of aromatic nitrogens is 2. The molecule has 0 aliphatic carbocycles. The molecule has 0 saturated carbocycles. The van der Waals surface area contributed by atoms with Gasteiger partial charge in [0, 0.05) is 26.5 Å². The van der Waals surface area contributed by atoms with Crippen molar-refractivity contribution in [2.75, 3.05) is 26.8 Å². The number of ether oxygens (including phenoxy) is 1. The van der Waals surface area contributed by atoms with Gasteiger partial charge in [0.2, 0.25) is 17.6 Å². The predicted molar refractivity (Wildman–Crippen MR) is 86.6 cm³/mol. The number of hydrogen-bond acceptors (Lipinski definition) is 7. The van der Waals surface area contributed by atoms with E-state index in [1.165, 1.54) is 23.3 Å². The molecule has 2 heterocycles.